The van der Waals surface area contributed by atoms with E-state index in [0.717, 1.165) is 53.9 Å². The van der Waals surface area contributed by atoms with Gasteiger partial charge in [-0.15, -0.1) is 0 Å². The molecule has 1 fully saturated rings. The molecule has 0 bridgehead atoms. The minimum absolute atomic E-state index is 0.0356. The number of carbonyl (C=O) groups excluding carboxylic acids is 1. The molecule has 0 unspecified atom stereocenters. The first-order chi connectivity index (χ1) is 13.5. The second-order valence-electron chi connectivity index (χ2n) is 7.85. The number of imidazole rings is 1. The van der Waals surface area contributed by atoms with Gasteiger partial charge >= 0.3 is 6.03 Å². The summed E-state index contributed by atoms with van der Waals surface area (Å²) in [6.45, 7) is 5.50. The van der Waals surface area contributed by atoms with E-state index in [0.29, 0.717) is 5.92 Å². The van der Waals surface area contributed by atoms with E-state index in [1.807, 2.05) is 50.3 Å². The van der Waals surface area contributed by atoms with E-state index in [1.54, 1.807) is 0 Å². The number of fused-ring (bicyclic) bond motifs is 1. The summed E-state index contributed by atoms with van der Waals surface area (Å²) in [4.78, 5) is 23.8. The number of urea groups is 1. The number of likely N-dealkylation sites (tertiary alicyclic amines) is 1. The van der Waals surface area contributed by atoms with Gasteiger partial charge < -0.3 is 14.8 Å². The maximum Gasteiger partial charge on any atom is 0.317 e. The van der Waals surface area contributed by atoms with Crippen LogP contribution in [-0.2, 0) is 7.05 Å². The molecule has 28 heavy (non-hydrogen) atoms. The quantitative estimate of drug-likeness (QED) is 0.752. The van der Waals surface area contributed by atoms with Gasteiger partial charge in [0.15, 0.2) is 0 Å². The molecule has 3 aromatic rings. The van der Waals surface area contributed by atoms with E-state index < -0.39 is 0 Å². The second kappa shape index (κ2) is 7.62. The van der Waals surface area contributed by atoms with Crippen LogP contribution < -0.4 is 5.32 Å². The van der Waals surface area contributed by atoms with Gasteiger partial charge in [-0.2, -0.15) is 0 Å². The molecule has 0 saturated carbocycles. The van der Waals surface area contributed by atoms with Gasteiger partial charge in [-0.25, -0.2) is 9.78 Å². The average molecular weight is 377 g/mol. The Hall–Kier alpha value is -2.89. The van der Waals surface area contributed by atoms with Crippen LogP contribution in [0.2, 0.25) is 0 Å². The van der Waals surface area contributed by atoms with E-state index in [4.69, 9.17) is 4.98 Å². The molecule has 6 heteroatoms. The molecule has 1 saturated heterocycles. The van der Waals surface area contributed by atoms with Gasteiger partial charge in [0.2, 0.25) is 0 Å². The van der Waals surface area contributed by atoms with E-state index >= 15 is 0 Å². The third-order valence-electron chi connectivity index (χ3n) is 5.39. The highest BCUT2D eigenvalue weighted by Crippen LogP contribution is 2.32. The monoisotopic (exact) mass is 377 g/mol. The number of amides is 2. The largest absolute Gasteiger partial charge is 0.336 e. The van der Waals surface area contributed by atoms with E-state index in [1.165, 1.54) is 0 Å². The Morgan fingerprint density at radius 3 is 2.57 bits per heavy atom. The van der Waals surface area contributed by atoms with Crippen LogP contribution in [0.1, 0.15) is 38.3 Å². The zero-order chi connectivity index (χ0) is 19.7. The van der Waals surface area contributed by atoms with Crippen LogP contribution in [-0.4, -0.2) is 44.6 Å². The van der Waals surface area contributed by atoms with Crippen molar-refractivity contribution in [2.24, 2.45) is 7.05 Å². The fraction of sp³-hybridized carbons (Fsp3) is 0.409. The zero-order valence-corrected chi connectivity index (χ0v) is 16.7. The van der Waals surface area contributed by atoms with E-state index in [2.05, 4.69) is 33.1 Å². The number of hydrogen-bond donors (Lipinski definition) is 1. The Bertz CT molecular complexity index is 971. The highest BCUT2D eigenvalue weighted by molar-refractivity contribution is 5.90. The fourth-order valence-electron chi connectivity index (χ4n) is 3.87. The summed E-state index contributed by atoms with van der Waals surface area (Å²) in [7, 11) is 2.02. The van der Waals surface area contributed by atoms with Crippen molar-refractivity contribution in [3.05, 3.63) is 48.4 Å². The SMILES string of the molecule is CC(C)NC(=O)N1CCC(c2cc3c(ncn3C)c(-c3ccccc3)n2)CC1. The summed E-state index contributed by atoms with van der Waals surface area (Å²) in [5.41, 5.74) is 5.16. The van der Waals surface area contributed by atoms with Crippen molar-refractivity contribution in [1.82, 2.24) is 24.8 Å². The summed E-state index contributed by atoms with van der Waals surface area (Å²) in [6.07, 6.45) is 3.70. The van der Waals surface area contributed by atoms with Crippen LogP contribution in [0.15, 0.2) is 42.7 Å². The summed E-state index contributed by atoms with van der Waals surface area (Å²) < 4.78 is 2.05. The number of aryl methyl sites for hydroxylation is 1. The lowest BCUT2D eigenvalue weighted by Crippen LogP contribution is -2.46. The fourth-order valence-corrected chi connectivity index (χ4v) is 3.87. The molecule has 146 valence electrons. The predicted molar refractivity (Wildman–Crippen MR) is 111 cm³/mol. The minimum Gasteiger partial charge on any atom is -0.336 e. The van der Waals surface area contributed by atoms with Crippen molar-refractivity contribution in [1.29, 1.82) is 0 Å². The highest BCUT2D eigenvalue weighted by atomic mass is 16.2. The normalized spacial score (nSPS) is 15.4. The molecule has 2 aromatic heterocycles. The number of piperidine rings is 1. The standard InChI is InChI=1S/C22H27N5O/c1-15(2)24-22(28)27-11-9-16(10-12-27)18-13-19-21(23-14-26(19)3)20(25-18)17-7-5-4-6-8-17/h4-8,13-16H,9-12H2,1-3H3,(H,24,28). The topological polar surface area (TPSA) is 63.1 Å². The lowest BCUT2D eigenvalue weighted by Gasteiger charge is -2.32. The van der Waals surface area contributed by atoms with E-state index in [9.17, 15) is 4.79 Å². The molecule has 1 aliphatic heterocycles. The van der Waals surface area contributed by atoms with Gasteiger partial charge in [0.25, 0.3) is 0 Å². The number of aromatic nitrogens is 3. The summed E-state index contributed by atoms with van der Waals surface area (Å²) in [6, 6.07) is 12.6. The molecule has 1 aliphatic rings. The number of nitrogens with zero attached hydrogens (tertiary/aromatic N) is 4. The molecule has 0 atom stereocenters. The van der Waals surface area contributed by atoms with Gasteiger partial charge in [0.05, 0.1) is 17.5 Å². The number of hydrogen-bond acceptors (Lipinski definition) is 3. The van der Waals surface area contributed by atoms with Crippen LogP contribution in [0.25, 0.3) is 22.3 Å². The van der Waals surface area contributed by atoms with Crippen molar-refractivity contribution in [2.45, 2.75) is 38.6 Å². The third-order valence-corrected chi connectivity index (χ3v) is 5.39. The first-order valence-corrected chi connectivity index (χ1v) is 9.95. The molecule has 2 amide bonds. The van der Waals surface area contributed by atoms with Crippen molar-refractivity contribution in [3.63, 3.8) is 0 Å². The molecular formula is C22H27N5O. The van der Waals surface area contributed by atoms with Crippen LogP contribution in [0.4, 0.5) is 4.79 Å². The number of rotatable bonds is 3. The smallest absolute Gasteiger partial charge is 0.317 e. The summed E-state index contributed by atoms with van der Waals surface area (Å²) >= 11 is 0. The lowest BCUT2D eigenvalue weighted by atomic mass is 9.92. The molecule has 3 heterocycles. The highest BCUT2D eigenvalue weighted by Gasteiger charge is 2.26. The maximum absolute atomic E-state index is 12.3. The van der Waals surface area contributed by atoms with Crippen molar-refractivity contribution < 1.29 is 4.79 Å². The van der Waals surface area contributed by atoms with Gasteiger partial charge in [-0.1, -0.05) is 30.3 Å². The van der Waals surface area contributed by atoms with Crippen molar-refractivity contribution in [3.8, 4) is 11.3 Å². The van der Waals surface area contributed by atoms with Gasteiger partial charge in [-0.05, 0) is 32.8 Å². The summed E-state index contributed by atoms with van der Waals surface area (Å²) in [5, 5.41) is 2.99. The maximum atomic E-state index is 12.3. The Morgan fingerprint density at radius 2 is 1.89 bits per heavy atom. The van der Waals surface area contributed by atoms with Gasteiger partial charge in [0.1, 0.15) is 5.52 Å². The zero-order valence-electron chi connectivity index (χ0n) is 16.7. The molecule has 1 aromatic carbocycles. The third kappa shape index (κ3) is 3.59. The molecule has 0 spiro atoms. The molecular weight excluding hydrogens is 350 g/mol. The van der Waals surface area contributed by atoms with E-state index in [-0.39, 0.29) is 12.1 Å². The Balaban J connectivity index is 1.62. The van der Waals surface area contributed by atoms with Gasteiger partial charge in [-0.3, -0.25) is 4.98 Å². The number of benzene rings is 1. The molecule has 0 radical (unpaired) electrons. The molecule has 6 nitrogen and oxygen atoms in total. The first-order valence-electron chi connectivity index (χ1n) is 9.95. The van der Waals surface area contributed by atoms with Crippen LogP contribution in [0, 0.1) is 0 Å². The number of pyridine rings is 1. The van der Waals surface area contributed by atoms with Crippen LogP contribution in [0.3, 0.4) is 0 Å². The number of carbonyl (C=O) groups is 1. The molecule has 1 N–H and O–H groups in total. The molecule has 4 rings (SSSR count). The average Bonchev–Trinajstić information content (AvgIpc) is 3.08. The second-order valence-corrected chi connectivity index (χ2v) is 7.85. The molecule has 0 aliphatic carbocycles. The minimum atomic E-state index is 0.0356. The van der Waals surface area contributed by atoms with Crippen LogP contribution >= 0.6 is 0 Å². The van der Waals surface area contributed by atoms with Crippen molar-refractivity contribution in [2.75, 3.05) is 13.1 Å². The Labute approximate surface area is 165 Å². The van der Waals surface area contributed by atoms with Crippen LogP contribution in [0.5, 0.6) is 0 Å². The summed E-state index contributed by atoms with van der Waals surface area (Å²) in [5.74, 6) is 0.352. The number of nitrogens with one attached hydrogen (secondary N) is 1. The Kier molecular flexibility index (Phi) is 5.03. The first kappa shape index (κ1) is 18.5. The van der Waals surface area contributed by atoms with Crippen molar-refractivity contribution >= 4 is 17.1 Å². The Morgan fingerprint density at radius 1 is 1.18 bits per heavy atom. The van der Waals surface area contributed by atoms with Gasteiger partial charge in [0, 0.05) is 43.4 Å². The predicted octanol–water partition coefficient (Wildman–Crippen LogP) is 3.93. The lowest BCUT2D eigenvalue weighted by molar-refractivity contribution is 0.178.